The lowest BCUT2D eigenvalue weighted by Gasteiger charge is -2.12. The summed E-state index contributed by atoms with van der Waals surface area (Å²) in [6, 6.07) is 10.7. The summed E-state index contributed by atoms with van der Waals surface area (Å²) in [6.45, 7) is -0.863. The van der Waals surface area contributed by atoms with Gasteiger partial charge in [-0.05, 0) is 65.5 Å². The topological polar surface area (TPSA) is 379 Å². The average molecular weight is 859 g/mol. The summed E-state index contributed by atoms with van der Waals surface area (Å²) in [5.74, 6) is -2.12. The molecule has 5 rings (SSSR count). The maximum atomic E-state index is 12.6. The Bertz CT molecular complexity index is 2840. The minimum absolute atomic E-state index is 0.00657. The van der Waals surface area contributed by atoms with Gasteiger partial charge in [0.25, 0.3) is 20.2 Å². The molecule has 1 heterocycles. The zero-order chi connectivity index (χ0) is 40.5. The first kappa shape index (κ1) is 40.7. The van der Waals surface area contributed by atoms with E-state index in [0.717, 1.165) is 36.4 Å². The largest absolute Gasteiger partial charge is 0.507 e. The molecule has 0 aliphatic rings. The second-order valence-electron chi connectivity index (χ2n) is 10.7. The van der Waals surface area contributed by atoms with Gasteiger partial charge in [-0.3, -0.25) is 13.7 Å². The number of nitrogen functional groups attached to an aromatic ring is 2. The summed E-state index contributed by atoms with van der Waals surface area (Å²) < 4.78 is 127. The van der Waals surface area contributed by atoms with Crippen LogP contribution in [-0.2, 0) is 44.7 Å². The third-order valence-corrected chi connectivity index (χ3v) is 11.0. The van der Waals surface area contributed by atoms with E-state index < -0.39 is 74.1 Å². The van der Waals surface area contributed by atoms with Gasteiger partial charge in [0, 0.05) is 6.07 Å². The average Bonchev–Trinajstić information content (AvgIpc) is 3.05. The van der Waals surface area contributed by atoms with Gasteiger partial charge in [0.05, 0.1) is 44.6 Å². The van der Waals surface area contributed by atoms with Crippen LogP contribution >= 0.6 is 11.6 Å². The lowest BCUT2D eigenvalue weighted by atomic mass is 10.1. The van der Waals surface area contributed by atoms with Crippen molar-refractivity contribution in [2.75, 3.05) is 29.1 Å². The molecule has 0 amide bonds. The number of aromatic nitrogens is 3. The van der Waals surface area contributed by atoms with Crippen LogP contribution in [-0.4, -0.2) is 79.7 Å². The first-order valence-electron chi connectivity index (χ1n) is 14.4. The Labute approximate surface area is 315 Å². The molecular formula is C27H23ClN10O13S4. The number of hydrogen-bond acceptors (Lipinski definition) is 20. The molecule has 0 aliphatic heterocycles. The van der Waals surface area contributed by atoms with Crippen molar-refractivity contribution in [1.29, 1.82) is 0 Å². The molecule has 0 bridgehead atoms. The fraction of sp³-hybridized carbons (Fsp3) is 0.0741. The highest BCUT2D eigenvalue weighted by Gasteiger charge is 2.22. The number of azo groups is 2. The number of fused-ring (bicyclic) bond motifs is 1. The Kier molecular flexibility index (Phi) is 11.3. The molecule has 0 radical (unpaired) electrons. The number of nitrogens with zero attached hydrogens (tertiary/aromatic N) is 7. The first-order chi connectivity index (χ1) is 25.5. The quantitative estimate of drug-likeness (QED) is 0.0495. The van der Waals surface area contributed by atoms with Crippen molar-refractivity contribution < 1.29 is 56.6 Å². The number of phenolic OH excluding ortho intramolecular Hbond substituents is 1. The van der Waals surface area contributed by atoms with E-state index in [1.165, 1.54) is 24.3 Å². The summed E-state index contributed by atoms with van der Waals surface area (Å²) in [7, 11) is -18.8. The number of rotatable bonds is 13. The molecule has 4 aromatic carbocycles. The molecule has 0 saturated heterocycles. The summed E-state index contributed by atoms with van der Waals surface area (Å²) in [6.07, 6.45) is 0. The molecule has 23 nitrogen and oxygen atoms in total. The molecule has 0 saturated carbocycles. The molecule has 5 aromatic rings. The number of phenols is 1. The monoisotopic (exact) mass is 858 g/mol. The van der Waals surface area contributed by atoms with Crippen LogP contribution in [0, 0.1) is 0 Å². The van der Waals surface area contributed by atoms with E-state index in [2.05, 4.69) is 44.9 Å². The van der Waals surface area contributed by atoms with Gasteiger partial charge in [0.15, 0.2) is 9.84 Å². The van der Waals surface area contributed by atoms with Gasteiger partial charge in [0.1, 0.15) is 27.7 Å². The molecule has 0 atom stereocenters. The predicted octanol–water partition coefficient (Wildman–Crippen LogP) is 4.21. The smallest absolute Gasteiger partial charge is 0.397 e. The fourth-order valence-electron chi connectivity index (χ4n) is 4.54. The Balaban J connectivity index is 1.60. The number of halogens is 1. The fourth-order valence-corrected chi connectivity index (χ4v) is 7.36. The van der Waals surface area contributed by atoms with Gasteiger partial charge in [-0.25, -0.2) is 12.6 Å². The van der Waals surface area contributed by atoms with Crippen LogP contribution in [0.4, 0.5) is 46.0 Å². The lowest BCUT2D eigenvalue weighted by Crippen LogP contribution is -2.15. The third kappa shape index (κ3) is 10.2. The second kappa shape index (κ2) is 15.3. The van der Waals surface area contributed by atoms with Crippen molar-refractivity contribution in [3.8, 4) is 5.75 Å². The minimum Gasteiger partial charge on any atom is -0.507 e. The van der Waals surface area contributed by atoms with Crippen molar-refractivity contribution in [2.45, 2.75) is 14.7 Å². The molecule has 55 heavy (non-hydrogen) atoms. The maximum Gasteiger partial charge on any atom is 0.397 e. The van der Waals surface area contributed by atoms with Crippen LogP contribution in [0.1, 0.15) is 0 Å². The van der Waals surface area contributed by atoms with Crippen LogP contribution in [0.2, 0.25) is 5.28 Å². The van der Waals surface area contributed by atoms with E-state index in [0.29, 0.717) is 0 Å². The molecule has 0 unspecified atom stereocenters. The van der Waals surface area contributed by atoms with Crippen LogP contribution < -0.4 is 16.8 Å². The number of anilines is 4. The summed E-state index contributed by atoms with van der Waals surface area (Å²) >= 11 is 5.90. The van der Waals surface area contributed by atoms with Crippen molar-refractivity contribution >= 4 is 109 Å². The standard InChI is InChI=1S/C27H23ClN10O13S4/c28-25-32-26(30)34-27(33-25)31-18-11-20(37-38-24-17(29)6-1-13-9-16(53(42,43)44)10-21(39)23(13)24)22(54(45,46)47)12-19(18)36-35-14-2-4-15(5-3-14)52(40,41)8-7-51-55(48,49)50/h1-6,9-12,39H,7-8,29H2,(H,42,43,44)(H,45,46,47)(H,48,49,50)(H3,30,31,32,33,34)/b36-35+,38-37+. The molecule has 0 spiro atoms. The highest BCUT2D eigenvalue weighted by atomic mass is 35.5. The first-order valence-corrected chi connectivity index (χ1v) is 20.7. The molecular weight excluding hydrogens is 836 g/mol. The van der Waals surface area contributed by atoms with Crippen molar-refractivity contribution in [1.82, 2.24) is 15.0 Å². The highest BCUT2D eigenvalue weighted by Crippen LogP contribution is 2.43. The molecule has 9 N–H and O–H groups in total. The Morgan fingerprint density at radius 3 is 2.04 bits per heavy atom. The van der Waals surface area contributed by atoms with E-state index >= 15 is 0 Å². The lowest BCUT2D eigenvalue weighted by molar-refractivity contribution is 0.284. The number of nitrogens with two attached hydrogens (primary N) is 2. The molecule has 28 heteroatoms. The van der Waals surface area contributed by atoms with Crippen LogP contribution in [0.3, 0.4) is 0 Å². The highest BCUT2D eigenvalue weighted by molar-refractivity contribution is 7.91. The van der Waals surface area contributed by atoms with Gasteiger partial charge in [0.2, 0.25) is 17.2 Å². The minimum atomic E-state index is -5.14. The van der Waals surface area contributed by atoms with E-state index in [9.17, 15) is 47.9 Å². The number of nitrogens with one attached hydrogen (secondary N) is 1. The Morgan fingerprint density at radius 1 is 0.745 bits per heavy atom. The zero-order valence-electron chi connectivity index (χ0n) is 26.9. The van der Waals surface area contributed by atoms with Gasteiger partial charge in [-0.2, -0.15) is 45.3 Å². The van der Waals surface area contributed by atoms with E-state index in [1.54, 1.807) is 0 Å². The van der Waals surface area contributed by atoms with Crippen molar-refractivity contribution in [3.05, 3.63) is 65.9 Å². The molecule has 290 valence electrons. The number of aromatic hydroxyl groups is 1. The van der Waals surface area contributed by atoms with Crippen LogP contribution in [0.5, 0.6) is 5.75 Å². The van der Waals surface area contributed by atoms with E-state index in [1.807, 2.05) is 0 Å². The number of hydrogen-bond donors (Lipinski definition) is 7. The number of sulfone groups is 1. The second-order valence-corrected chi connectivity index (χ2v) is 17.1. The number of benzene rings is 4. The predicted molar refractivity (Wildman–Crippen MR) is 193 cm³/mol. The van der Waals surface area contributed by atoms with Crippen molar-refractivity contribution in [3.63, 3.8) is 0 Å². The zero-order valence-corrected chi connectivity index (χ0v) is 31.0. The molecule has 0 fully saturated rings. The normalized spacial score (nSPS) is 12.9. The van der Waals surface area contributed by atoms with Gasteiger partial charge >= 0.3 is 10.4 Å². The summed E-state index contributed by atoms with van der Waals surface area (Å²) in [5.41, 5.74) is 10.3. The third-order valence-electron chi connectivity index (χ3n) is 6.91. The Morgan fingerprint density at radius 2 is 1.42 bits per heavy atom. The van der Waals surface area contributed by atoms with Gasteiger partial charge in [-0.15, -0.1) is 15.3 Å². The van der Waals surface area contributed by atoms with E-state index in [4.69, 9.17) is 27.6 Å². The van der Waals surface area contributed by atoms with Crippen LogP contribution in [0.15, 0.2) is 95.8 Å². The summed E-state index contributed by atoms with van der Waals surface area (Å²) in [5, 5.41) is 28.8. The summed E-state index contributed by atoms with van der Waals surface area (Å²) in [4.78, 5) is 9.56. The van der Waals surface area contributed by atoms with Gasteiger partial charge < -0.3 is 21.9 Å². The SMILES string of the molecule is Nc1nc(Cl)nc(Nc2cc(/N=N/c3c(N)ccc4cc(S(=O)(=O)O)cc(O)c34)c(S(=O)(=O)O)cc2/N=N/c2ccc(S(=O)(=O)CCOS(=O)(=O)O)cc2)n1. The maximum absolute atomic E-state index is 12.6. The van der Waals surface area contributed by atoms with Crippen molar-refractivity contribution in [2.24, 2.45) is 20.5 Å². The Hall–Kier alpha value is -5.52. The van der Waals surface area contributed by atoms with Gasteiger partial charge in [-0.1, -0.05) is 6.07 Å². The molecule has 1 aromatic heterocycles. The van der Waals surface area contributed by atoms with E-state index in [-0.39, 0.29) is 61.3 Å². The van der Waals surface area contributed by atoms with Crippen LogP contribution in [0.25, 0.3) is 10.8 Å². The molecule has 0 aliphatic carbocycles.